The Kier molecular flexibility index (Phi) is 5.23. The highest BCUT2D eigenvalue weighted by Crippen LogP contribution is 2.26. The van der Waals surface area contributed by atoms with E-state index in [2.05, 4.69) is 41.9 Å². The molecule has 2 aromatic carbocycles. The average Bonchev–Trinajstić information content (AvgIpc) is 2.96. The number of nitrogens with one attached hydrogen (secondary N) is 1. The maximum atomic E-state index is 11.2. The number of aryl methyl sites for hydroxylation is 1. The molecule has 0 saturated heterocycles. The van der Waals surface area contributed by atoms with Crippen LogP contribution in [0.3, 0.4) is 0 Å². The lowest BCUT2D eigenvalue weighted by Gasteiger charge is -2.10. The number of nitro benzene ring substituents is 1. The zero-order valence-electron chi connectivity index (χ0n) is 15.3. The van der Waals surface area contributed by atoms with Gasteiger partial charge in [0.15, 0.2) is 0 Å². The zero-order chi connectivity index (χ0) is 19.4. The summed E-state index contributed by atoms with van der Waals surface area (Å²) in [6.45, 7) is 4.72. The molecule has 0 spiro atoms. The van der Waals surface area contributed by atoms with Crippen molar-refractivity contribution in [2.24, 2.45) is 0 Å². The molecule has 1 N–H and O–H groups in total. The Balaban J connectivity index is 1.76. The molecule has 1 heterocycles. The van der Waals surface area contributed by atoms with Crippen molar-refractivity contribution in [3.63, 3.8) is 0 Å². The van der Waals surface area contributed by atoms with Crippen LogP contribution in [0, 0.1) is 35.3 Å². The Morgan fingerprint density at radius 3 is 2.56 bits per heavy atom. The molecule has 0 amide bonds. The number of anilines is 1. The number of hydrogen-bond donors (Lipinski definition) is 1. The minimum absolute atomic E-state index is 0.0798. The summed E-state index contributed by atoms with van der Waals surface area (Å²) in [4.78, 5) is 10.8. The van der Waals surface area contributed by atoms with E-state index in [0.29, 0.717) is 12.2 Å². The van der Waals surface area contributed by atoms with Crippen LogP contribution in [0.25, 0.3) is 5.69 Å². The number of para-hydroxylation sites is 1. The Bertz CT molecular complexity index is 1020. The second-order valence-corrected chi connectivity index (χ2v) is 6.34. The van der Waals surface area contributed by atoms with Crippen molar-refractivity contribution >= 4 is 11.4 Å². The molecular formula is C21H20N4O2. The summed E-state index contributed by atoms with van der Waals surface area (Å²) in [6.07, 6.45) is 0.740. The van der Waals surface area contributed by atoms with Crippen LogP contribution in [0.4, 0.5) is 11.4 Å². The summed E-state index contributed by atoms with van der Waals surface area (Å²) in [5.74, 6) is 0. The minimum Gasteiger partial charge on any atom is -0.379 e. The highest BCUT2D eigenvalue weighted by Gasteiger charge is 2.15. The Morgan fingerprint density at radius 1 is 1.15 bits per heavy atom. The number of benzene rings is 2. The maximum absolute atomic E-state index is 11.2. The van der Waals surface area contributed by atoms with Gasteiger partial charge in [0.05, 0.1) is 16.6 Å². The van der Waals surface area contributed by atoms with Gasteiger partial charge < -0.3 is 9.88 Å². The number of nitrogens with zero attached hydrogens (tertiary/aromatic N) is 3. The van der Waals surface area contributed by atoms with Crippen LogP contribution in [-0.4, -0.2) is 16.0 Å². The van der Waals surface area contributed by atoms with Gasteiger partial charge in [-0.1, -0.05) is 18.2 Å². The van der Waals surface area contributed by atoms with E-state index in [0.717, 1.165) is 23.5 Å². The molecule has 0 aliphatic carbocycles. The summed E-state index contributed by atoms with van der Waals surface area (Å²) >= 11 is 0. The van der Waals surface area contributed by atoms with Crippen LogP contribution in [0.5, 0.6) is 0 Å². The highest BCUT2D eigenvalue weighted by molar-refractivity contribution is 5.64. The largest absolute Gasteiger partial charge is 0.379 e. The van der Waals surface area contributed by atoms with Crippen molar-refractivity contribution < 1.29 is 4.92 Å². The Morgan fingerprint density at radius 2 is 1.89 bits per heavy atom. The third-order valence-corrected chi connectivity index (χ3v) is 4.58. The van der Waals surface area contributed by atoms with E-state index in [9.17, 15) is 10.1 Å². The van der Waals surface area contributed by atoms with E-state index in [4.69, 9.17) is 5.26 Å². The van der Waals surface area contributed by atoms with Crippen molar-refractivity contribution in [3.8, 4) is 11.8 Å². The molecule has 0 atom stereocenters. The van der Waals surface area contributed by atoms with E-state index in [1.54, 1.807) is 12.1 Å². The van der Waals surface area contributed by atoms with Gasteiger partial charge in [-0.05, 0) is 56.2 Å². The molecule has 3 aromatic rings. The van der Waals surface area contributed by atoms with Crippen LogP contribution in [-0.2, 0) is 6.42 Å². The molecule has 136 valence electrons. The van der Waals surface area contributed by atoms with Crippen molar-refractivity contribution in [3.05, 3.63) is 87.2 Å². The minimum atomic E-state index is -0.468. The third-order valence-electron chi connectivity index (χ3n) is 4.58. The van der Waals surface area contributed by atoms with Crippen molar-refractivity contribution in [1.82, 2.24) is 4.57 Å². The summed E-state index contributed by atoms with van der Waals surface area (Å²) in [5.41, 5.74) is 5.25. The van der Waals surface area contributed by atoms with Crippen LogP contribution >= 0.6 is 0 Å². The molecular weight excluding hydrogens is 340 g/mol. The van der Waals surface area contributed by atoms with E-state index >= 15 is 0 Å². The molecule has 27 heavy (non-hydrogen) atoms. The predicted molar refractivity (Wildman–Crippen MR) is 105 cm³/mol. The van der Waals surface area contributed by atoms with Crippen LogP contribution in [0.2, 0.25) is 0 Å². The van der Waals surface area contributed by atoms with E-state index in [1.165, 1.54) is 11.6 Å². The van der Waals surface area contributed by atoms with Crippen molar-refractivity contribution in [1.29, 1.82) is 5.26 Å². The number of nitro groups is 1. The molecule has 0 bridgehead atoms. The molecule has 6 heteroatoms. The number of nitriles is 1. The zero-order valence-corrected chi connectivity index (χ0v) is 15.3. The first kappa shape index (κ1) is 18.2. The molecule has 0 aliphatic rings. The first-order chi connectivity index (χ1) is 13.0. The first-order valence-electron chi connectivity index (χ1n) is 8.67. The van der Waals surface area contributed by atoms with Gasteiger partial charge >= 0.3 is 0 Å². The van der Waals surface area contributed by atoms with Gasteiger partial charge in [-0.15, -0.1) is 0 Å². The van der Waals surface area contributed by atoms with E-state index in [-0.39, 0.29) is 11.3 Å². The lowest BCUT2D eigenvalue weighted by Crippen LogP contribution is -2.08. The summed E-state index contributed by atoms with van der Waals surface area (Å²) in [7, 11) is 0. The average molecular weight is 360 g/mol. The SMILES string of the molecule is Cc1cc(CCNc2ccc(C#N)cc2[N+](=O)[O-])c(C)n1-c1ccccc1. The van der Waals surface area contributed by atoms with Gasteiger partial charge in [-0.2, -0.15) is 5.26 Å². The molecule has 6 nitrogen and oxygen atoms in total. The van der Waals surface area contributed by atoms with Gasteiger partial charge in [-0.25, -0.2) is 0 Å². The lowest BCUT2D eigenvalue weighted by molar-refractivity contribution is -0.384. The lowest BCUT2D eigenvalue weighted by atomic mass is 10.1. The number of rotatable bonds is 6. The second-order valence-electron chi connectivity index (χ2n) is 6.34. The Hall–Kier alpha value is -3.59. The summed E-state index contributed by atoms with van der Waals surface area (Å²) in [5, 5.41) is 23.3. The molecule has 0 unspecified atom stereocenters. The standard InChI is InChI=1S/C21H20N4O2/c1-15-12-18(16(2)24(15)19-6-4-3-5-7-19)10-11-23-20-9-8-17(14-22)13-21(20)25(26)27/h3-9,12-13,23H,10-11H2,1-2H3. The topological polar surface area (TPSA) is 83.9 Å². The van der Waals surface area contributed by atoms with Gasteiger partial charge in [0.2, 0.25) is 0 Å². The maximum Gasteiger partial charge on any atom is 0.293 e. The Labute approximate surface area is 157 Å². The quantitative estimate of drug-likeness (QED) is 0.517. The molecule has 0 fully saturated rings. The monoisotopic (exact) mass is 360 g/mol. The van der Waals surface area contributed by atoms with Crippen LogP contribution < -0.4 is 5.32 Å². The van der Waals surface area contributed by atoms with E-state index < -0.39 is 4.92 Å². The van der Waals surface area contributed by atoms with E-state index in [1.807, 2.05) is 24.3 Å². The van der Waals surface area contributed by atoms with Gasteiger partial charge in [0.1, 0.15) is 5.69 Å². The van der Waals surface area contributed by atoms with Crippen molar-refractivity contribution in [2.45, 2.75) is 20.3 Å². The van der Waals surface area contributed by atoms with Gasteiger partial charge in [0.25, 0.3) is 5.69 Å². The molecule has 0 saturated carbocycles. The summed E-state index contributed by atoms with van der Waals surface area (Å²) in [6, 6.07) is 18.7. The highest BCUT2D eigenvalue weighted by atomic mass is 16.6. The molecule has 1 aromatic heterocycles. The first-order valence-corrected chi connectivity index (χ1v) is 8.67. The predicted octanol–water partition coefficient (Wildman–Crippen LogP) is 4.53. The summed E-state index contributed by atoms with van der Waals surface area (Å²) < 4.78 is 2.21. The fourth-order valence-corrected chi connectivity index (χ4v) is 3.29. The second kappa shape index (κ2) is 7.75. The smallest absolute Gasteiger partial charge is 0.293 e. The molecule has 0 radical (unpaired) electrons. The molecule has 0 aliphatic heterocycles. The van der Waals surface area contributed by atoms with Crippen molar-refractivity contribution in [2.75, 3.05) is 11.9 Å². The number of hydrogen-bond acceptors (Lipinski definition) is 4. The fourth-order valence-electron chi connectivity index (χ4n) is 3.29. The van der Waals surface area contributed by atoms with Gasteiger partial charge in [-0.3, -0.25) is 10.1 Å². The molecule has 3 rings (SSSR count). The normalized spacial score (nSPS) is 10.4. The number of aromatic nitrogens is 1. The third kappa shape index (κ3) is 3.82. The van der Waals surface area contributed by atoms with Crippen LogP contribution in [0.15, 0.2) is 54.6 Å². The fraction of sp³-hybridized carbons (Fsp3) is 0.190. The van der Waals surface area contributed by atoms with Crippen LogP contribution in [0.1, 0.15) is 22.5 Å². The van der Waals surface area contributed by atoms with Gasteiger partial charge in [0, 0.05) is 29.7 Å².